The van der Waals surface area contributed by atoms with Gasteiger partial charge in [-0.3, -0.25) is 4.98 Å². The average molecular weight is 206 g/mol. The first-order valence-corrected chi connectivity index (χ1v) is 5.86. The van der Waals surface area contributed by atoms with E-state index in [1.165, 1.54) is 24.1 Å². The van der Waals surface area contributed by atoms with E-state index in [-0.39, 0.29) is 0 Å². The Morgan fingerprint density at radius 3 is 2.53 bits per heavy atom. The van der Waals surface area contributed by atoms with Crippen LogP contribution in [0.3, 0.4) is 0 Å². The Hall–Kier alpha value is -1.05. The van der Waals surface area contributed by atoms with Crippen molar-refractivity contribution in [2.75, 3.05) is 5.32 Å². The lowest BCUT2D eigenvalue weighted by Crippen LogP contribution is -2.25. The molecule has 15 heavy (non-hydrogen) atoms. The van der Waals surface area contributed by atoms with Gasteiger partial charge in [0.2, 0.25) is 0 Å². The van der Waals surface area contributed by atoms with E-state index < -0.39 is 0 Å². The molecule has 2 heteroatoms. The Morgan fingerprint density at radius 1 is 1.33 bits per heavy atom. The average Bonchev–Trinajstić information content (AvgIpc) is 2.23. The largest absolute Gasteiger partial charge is 0.382 e. The molecule has 1 N–H and O–H groups in total. The number of rotatable bonds is 5. The fourth-order valence-electron chi connectivity index (χ4n) is 1.99. The normalized spacial score (nSPS) is 12.9. The minimum atomic E-state index is 0.529. The Morgan fingerprint density at radius 2 is 2.00 bits per heavy atom. The van der Waals surface area contributed by atoms with E-state index in [2.05, 4.69) is 38.0 Å². The highest BCUT2D eigenvalue weighted by atomic mass is 14.9. The molecule has 0 fully saturated rings. The molecule has 1 unspecified atom stereocenters. The summed E-state index contributed by atoms with van der Waals surface area (Å²) >= 11 is 0. The molecular weight excluding hydrogens is 184 g/mol. The molecule has 2 nitrogen and oxygen atoms in total. The van der Waals surface area contributed by atoms with Crippen molar-refractivity contribution in [1.82, 2.24) is 4.98 Å². The van der Waals surface area contributed by atoms with E-state index in [1.807, 2.05) is 18.5 Å². The van der Waals surface area contributed by atoms with Crippen molar-refractivity contribution in [2.24, 2.45) is 5.92 Å². The van der Waals surface area contributed by atoms with E-state index in [9.17, 15) is 0 Å². The summed E-state index contributed by atoms with van der Waals surface area (Å²) in [4.78, 5) is 4.10. The van der Waals surface area contributed by atoms with Crippen LogP contribution in [0.15, 0.2) is 18.5 Å². The molecule has 1 rings (SSSR count). The van der Waals surface area contributed by atoms with Crippen molar-refractivity contribution in [1.29, 1.82) is 0 Å². The molecule has 0 aliphatic heterocycles. The Balaban J connectivity index is 2.65. The lowest BCUT2D eigenvalue weighted by atomic mass is 9.95. The summed E-state index contributed by atoms with van der Waals surface area (Å²) in [6, 6.07) is 2.58. The van der Waals surface area contributed by atoms with Crippen LogP contribution in [0.5, 0.6) is 0 Å². The summed E-state index contributed by atoms with van der Waals surface area (Å²) in [5.74, 6) is 0.748. The van der Waals surface area contributed by atoms with E-state index in [0.29, 0.717) is 6.04 Å². The van der Waals surface area contributed by atoms with Crippen LogP contribution in [0.4, 0.5) is 5.69 Å². The first-order valence-electron chi connectivity index (χ1n) is 5.86. The van der Waals surface area contributed by atoms with Gasteiger partial charge in [-0.05, 0) is 31.4 Å². The smallest absolute Gasteiger partial charge is 0.0402 e. The number of aromatic nitrogens is 1. The van der Waals surface area contributed by atoms with Gasteiger partial charge in [0.15, 0.2) is 0 Å². The first-order chi connectivity index (χ1) is 7.19. The highest BCUT2D eigenvalue weighted by molar-refractivity contribution is 5.49. The van der Waals surface area contributed by atoms with Gasteiger partial charge in [0, 0.05) is 24.1 Å². The number of anilines is 1. The zero-order valence-electron chi connectivity index (χ0n) is 10.2. The molecule has 0 aromatic carbocycles. The molecular formula is C13H22N2. The van der Waals surface area contributed by atoms with Gasteiger partial charge in [0.1, 0.15) is 0 Å². The van der Waals surface area contributed by atoms with Crippen LogP contribution >= 0.6 is 0 Å². The number of aryl methyl sites for hydroxylation is 1. The molecule has 1 aromatic heterocycles. The highest BCUT2D eigenvalue weighted by Gasteiger charge is 2.13. The molecule has 1 heterocycles. The van der Waals surface area contributed by atoms with Crippen molar-refractivity contribution < 1.29 is 0 Å². The summed E-state index contributed by atoms with van der Waals surface area (Å²) < 4.78 is 0. The van der Waals surface area contributed by atoms with E-state index in [4.69, 9.17) is 0 Å². The van der Waals surface area contributed by atoms with Crippen LogP contribution in [-0.2, 0) is 0 Å². The second-order valence-electron chi connectivity index (χ2n) is 4.20. The standard InChI is InChI=1S/C13H22N2/c1-5-12(6-2)11(4)15-13-7-8-14-9-10(13)3/h7-9,11-12H,5-6H2,1-4H3,(H,14,15). The molecule has 84 valence electrons. The summed E-state index contributed by atoms with van der Waals surface area (Å²) in [6.45, 7) is 8.87. The molecule has 1 atom stereocenters. The van der Waals surface area contributed by atoms with Crippen LogP contribution < -0.4 is 5.32 Å². The minimum Gasteiger partial charge on any atom is -0.382 e. The lowest BCUT2D eigenvalue weighted by molar-refractivity contribution is 0.437. The zero-order valence-corrected chi connectivity index (χ0v) is 10.2. The number of nitrogens with zero attached hydrogens (tertiary/aromatic N) is 1. The molecule has 0 saturated heterocycles. The van der Waals surface area contributed by atoms with E-state index in [1.54, 1.807) is 0 Å². The second kappa shape index (κ2) is 5.74. The van der Waals surface area contributed by atoms with Crippen LogP contribution in [0.2, 0.25) is 0 Å². The SMILES string of the molecule is CCC(CC)C(C)Nc1ccncc1C. The number of hydrogen-bond acceptors (Lipinski definition) is 2. The highest BCUT2D eigenvalue weighted by Crippen LogP contribution is 2.19. The molecule has 0 radical (unpaired) electrons. The van der Waals surface area contributed by atoms with Gasteiger partial charge in [0.25, 0.3) is 0 Å². The third-order valence-electron chi connectivity index (χ3n) is 3.16. The molecule has 0 bridgehead atoms. The van der Waals surface area contributed by atoms with Crippen LogP contribution in [0, 0.1) is 12.8 Å². The van der Waals surface area contributed by atoms with Crippen molar-refractivity contribution in [3.8, 4) is 0 Å². The summed E-state index contributed by atoms with van der Waals surface area (Å²) in [5.41, 5.74) is 2.43. The molecule has 0 spiro atoms. The lowest BCUT2D eigenvalue weighted by Gasteiger charge is -2.24. The monoisotopic (exact) mass is 206 g/mol. The van der Waals surface area contributed by atoms with Crippen molar-refractivity contribution in [3.63, 3.8) is 0 Å². The molecule has 0 saturated carbocycles. The third-order valence-corrected chi connectivity index (χ3v) is 3.16. The second-order valence-corrected chi connectivity index (χ2v) is 4.20. The Bertz CT molecular complexity index is 292. The maximum Gasteiger partial charge on any atom is 0.0402 e. The summed E-state index contributed by atoms with van der Waals surface area (Å²) in [5, 5.41) is 3.57. The number of nitrogens with one attached hydrogen (secondary N) is 1. The maximum atomic E-state index is 4.10. The molecule has 0 aliphatic rings. The zero-order chi connectivity index (χ0) is 11.3. The summed E-state index contributed by atoms with van der Waals surface area (Å²) in [7, 11) is 0. The van der Waals surface area contributed by atoms with Gasteiger partial charge in [-0.2, -0.15) is 0 Å². The van der Waals surface area contributed by atoms with Gasteiger partial charge in [-0.1, -0.05) is 26.7 Å². The van der Waals surface area contributed by atoms with Gasteiger partial charge in [0.05, 0.1) is 0 Å². The van der Waals surface area contributed by atoms with E-state index >= 15 is 0 Å². The molecule has 0 amide bonds. The van der Waals surface area contributed by atoms with Gasteiger partial charge < -0.3 is 5.32 Å². The minimum absolute atomic E-state index is 0.529. The van der Waals surface area contributed by atoms with Crippen LogP contribution in [-0.4, -0.2) is 11.0 Å². The topological polar surface area (TPSA) is 24.9 Å². The molecule has 1 aromatic rings. The van der Waals surface area contributed by atoms with Gasteiger partial charge >= 0.3 is 0 Å². The predicted octanol–water partition coefficient (Wildman–Crippen LogP) is 3.63. The van der Waals surface area contributed by atoms with Crippen molar-refractivity contribution in [3.05, 3.63) is 24.0 Å². The summed E-state index contributed by atoms with van der Waals surface area (Å²) in [6.07, 6.45) is 6.21. The predicted molar refractivity (Wildman–Crippen MR) is 66.1 cm³/mol. The Labute approximate surface area is 93.1 Å². The van der Waals surface area contributed by atoms with Gasteiger partial charge in [-0.25, -0.2) is 0 Å². The first kappa shape index (κ1) is 12.0. The van der Waals surface area contributed by atoms with Gasteiger partial charge in [-0.15, -0.1) is 0 Å². The van der Waals surface area contributed by atoms with Crippen molar-refractivity contribution in [2.45, 2.75) is 46.6 Å². The van der Waals surface area contributed by atoms with Crippen LogP contribution in [0.1, 0.15) is 39.2 Å². The quantitative estimate of drug-likeness (QED) is 0.795. The van der Waals surface area contributed by atoms with Crippen molar-refractivity contribution >= 4 is 5.69 Å². The van der Waals surface area contributed by atoms with Crippen LogP contribution in [0.25, 0.3) is 0 Å². The molecule has 0 aliphatic carbocycles. The fourth-order valence-corrected chi connectivity index (χ4v) is 1.99. The Kier molecular flexibility index (Phi) is 4.60. The fraction of sp³-hybridized carbons (Fsp3) is 0.615. The number of hydrogen-bond donors (Lipinski definition) is 1. The van der Waals surface area contributed by atoms with E-state index in [0.717, 1.165) is 5.92 Å². The maximum absolute atomic E-state index is 4.10. The number of pyridine rings is 1. The third kappa shape index (κ3) is 3.22.